The third kappa shape index (κ3) is 5.02. The Morgan fingerprint density at radius 3 is 2.35 bits per heavy atom. The lowest BCUT2D eigenvalue weighted by atomic mass is 10.0. The first-order valence-corrected chi connectivity index (χ1v) is 7.80. The lowest BCUT2D eigenvalue weighted by Gasteiger charge is -2.15. The van der Waals surface area contributed by atoms with Gasteiger partial charge in [-0.15, -0.1) is 0 Å². The van der Waals surface area contributed by atoms with Gasteiger partial charge in [0, 0.05) is 18.0 Å². The highest BCUT2D eigenvalue weighted by atomic mass is 32.2. The van der Waals surface area contributed by atoms with Crippen LogP contribution in [0.15, 0.2) is 29.2 Å². The van der Waals surface area contributed by atoms with Crippen molar-refractivity contribution in [1.82, 2.24) is 5.32 Å². The summed E-state index contributed by atoms with van der Waals surface area (Å²) < 4.78 is 36.6. The van der Waals surface area contributed by atoms with Gasteiger partial charge in [0.15, 0.2) is 0 Å². The maximum atomic E-state index is 12.2. The molecule has 1 aliphatic rings. The minimum Gasteiger partial charge on any atom is -0.312 e. The molecule has 0 amide bonds. The summed E-state index contributed by atoms with van der Waals surface area (Å²) in [6, 6.07) is 6.60. The van der Waals surface area contributed by atoms with Crippen LogP contribution in [0.3, 0.4) is 0 Å². The van der Waals surface area contributed by atoms with Crippen LogP contribution in [0.25, 0.3) is 0 Å². The monoisotopic (exact) mass is 303 g/mol. The first-order valence-electron chi connectivity index (χ1n) is 6.98. The average molecular weight is 303 g/mol. The smallest absolute Gasteiger partial charge is 0.312 e. The van der Waals surface area contributed by atoms with E-state index in [9.17, 15) is 13.2 Å². The molecule has 1 N–H and O–H groups in total. The maximum Gasteiger partial charge on any atom is 0.446 e. The minimum atomic E-state index is -4.21. The van der Waals surface area contributed by atoms with Gasteiger partial charge < -0.3 is 5.32 Å². The lowest BCUT2D eigenvalue weighted by Crippen LogP contribution is -2.23. The number of hydrogen-bond acceptors (Lipinski definition) is 2. The van der Waals surface area contributed by atoms with Crippen molar-refractivity contribution in [3.8, 4) is 0 Å². The van der Waals surface area contributed by atoms with E-state index < -0.39 is 5.51 Å². The van der Waals surface area contributed by atoms with Gasteiger partial charge in [0.1, 0.15) is 0 Å². The van der Waals surface area contributed by atoms with E-state index in [1.165, 1.54) is 37.8 Å². The quantitative estimate of drug-likeness (QED) is 0.714. The molecule has 0 radical (unpaired) electrons. The molecule has 0 spiro atoms. The maximum absolute atomic E-state index is 12.2. The first-order chi connectivity index (χ1) is 9.42. The van der Waals surface area contributed by atoms with E-state index in [1.54, 1.807) is 12.1 Å². The van der Waals surface area contributed by atoms with Gasteiger partial charge in [-0.1, -0.05) is 25.5 Å². The van der Waals surface area contributed by atoms with Crippen molar-refractivity contribution in [2.75, 3.05) is 6.54 Å². The second-order valence-corrected chi connectivity index (χ2v) is 6.68. The zero-order chi connectivity index (χ0) is 14.6. The Bertz CT molecular complexity index is 424. The van der Waals surface area contributed by atoms with Crippen molar-refractivity contribution in [2.45, 2.75) is 49.6 Å². The number of rotatable bonds is 7. The van der Waals surface area contributed by atoms with E-state index in [4.69, 9.17) is 0 Å². The molecule has 0 aromatic heterocycles. The number of alkyl halides is 3. The molecule has 0 heterocycles. The Kier molecular flexibility index (Phi) is 5.02. The molecular weight excluding hydrogens is 283 g/mol. The van der Waals surface area contributed by atoms with Crippen molar-refractivity contribution in [2.24, 2.45) is 5.41 Å². The fourth-order valence-corrected chi connectivity index (χ4v) is 3.04. The van der Waals surface area contributed by atoms with E-state index in [0.29, 0.717) is 5.41 Å². The molecular formula is C15H20F3NS. The van der Waals surface area contributed by atoms with Crippen LogP contribution in [-0.4, -0.2) is 12.1 Å². The fraction of sp³-hybridized carbons (Fsp3) is 0.600. The van der Waals surface area contributed by atoms with Gasteiger partial charge in [-0.3, -0.25) is 0 Å². The van der Waals surface area contributed by atoms with Crippen LogP contribution >= 0.6 is 11.8 Å². The van der Waals surface area contributed by atoms with Gasteiger partial charge in [-0.2, -0.15) is 13.2 Å². The fourth-order valence-electron chi connectivity index (χ4n) is 2.50. The van der Waals surface area contributed by atoms with Crippen LogP contribution in [0.4, 0.5) is 13.2 Å². The van der Waals surface area contributed by atoms with Gasteiger partial charge in [0.05, 0.1) is 0 Å². The van der Waals surface area contributed by atoms with E-state index in [2.05, 4.69) is 12.2 Å². The van der Waals surface area contributed by atoms with Crippen molar-refractivity contribution < 1.29 is 13.2 Å². The Morgan fingerprint density at radius 2 is 1.85 bits per heavy atom. The second-order valence-electron chi connectivity index (χ2n) is 5.55. The highest BCUT2D eigenvalue weighted by Crippen LogP contribution is 2.48. The van der Waals surface area contributed by atoms with Crippen molar-refractivity contribution in [1.29, 1.82) is 0 Å². The molecule has 2 rings (SSSR count). The SMILES string of the molecule is CCCC1(CNCc2ccc(SC(F)(F)F)cc2)CC1. The van der Waals surface area contributed by atoms with E-state index in [1.807, 2.05) is 0 Å². The van der Waals surface area contributed by atoms with E-state index in [0.717, 1.165) is 18.7 Å². The van der Waals surface area contributed by atoms with Crippen LogP contribution in [0.2, 0.25) is 0 Å². The molecule has 0 saturated heterocycles. The predicted octanol–water partition coefficient (Wildman–Crippen LogP) is 4.97. The van der Waals surface area contributed by atoms with Crippen LogP contribution < -0.4 is 5.32 Å². The summed E-state index contributed by atoms with van der Waals surface area (Å²) in [5, 5.41) is 3.43. The number of nitrogens with one attached hydrogen (secondary N) is 1. The van der Waals surface area contributed by atoms with Gasteiger partial charge in [-0.25, -0.2) is 0 Å². The lowest BCUT2D eigenvalue weighted by molar-refractivity contribution is -0.0328. The Hall–Kier alpha value is -0.680. The summed E-state index contributed by atoms with van der Waals surface area (Å²) in [5.74, 6) is 0. The number of hydrogen-bond donors (Lipinski definition) is 1. The largest absolute Gasteiger partial charge is 0.446 e. The van der Waals surface area contributed by atoms with Crippen LogP contribution in [-0.2, 0) is 6.54 Å². The Morgan fingerprint density at radius 1 is 1.20 bits per heavy atom. The van der Waals surface area contributed by atoms with Crippen LogP contribution in [0.1, 0.15) is 38.2 Å². The normalized spacial score (nSPS) is 17.2. The Balaban J connectivity index is 1.76. The molecule has 1 aromatic rings. The molecule has 0 bridgehead atoms. The molecule has 0 atom stereocenters. The number of benzene rings is 1. The zero-order valence-electron chi connectivity index (χ0n) is 11.6. The highest BCUT2D eigenvalue weighted by Gasteiger charge is 2.40. The molecule has 1 saturated carbocycles. The number of thioether (sulfide) groups is 1. The number of halogens is 3. The molecule has 20 heavy (non-hydrogen) atoms. The summed E-state index contributed by atoms with van der Waals surface area (Å²) in [6.07, 6.45) is 5.08. The molecule has 1 aliphatic carbocycles. The minimum absolute atomic E-state index is 0.0663. The molecule has 112 valence electrons. The van der Waals surface area contributed by atoms with Gasteiger partial charge in [0.2, 0.25) is 0 Å². The van der Waals surface area contributed by atoms with Crippen LogP contribution in [0, 0.1) is 5.41 Å². The predicted molar refractivity (Wildman–Crippen MR) is 76.6 cm³/mol. The van der Waals surface area contributed by atoms with Crippen molar-refractivity contribution >= 4 is 11.8 Å². The zero-order valence-corrected chi connectivity index (χ0v) is 12.4. The summed E-state index contributed by atoms with van der Waals surface area (Å²) >= 11 is -0.0663. The van der Waals surface area contributed by atoms with Gasteiger partial charge >= 0.3 is 5.51 Å². The highest BCUT2D eigenvalue weighted by molar-refractivity contribution is 8.00. The summed E-state index contributed by atoms with van der Waals surface area (Å²) in [7, 11) is 0. The van der Waals surface area contributed by atoms with Crippen molar-refractivity contribution in [3.63, 3.8) is 0 Å². The summed E-state index contributed by atoms with van der Waals surface area (Å²) in [4.78, 5) is 0.242. The third-order valence-corrected chi connectivity index (χ3v) is 4.46. The summed E-state index contributed by atoms with van der Waals surface area (Å²) in [6.45, 7) is 3.94. The molecule has 0 aliphatic heterocycles. The van der Waals surface area contributed by atoms with Crippen molar-refractivity contribution in [3.05, 3.63) is 29.8 Å². The molecule has 1 aromatic carbocycles. The Labute approximate surface area is 122 Å². The molecule has 5 heteroatoms. The van der Waals surface area contributed by atoms with Crippen LogP contribution in [0.5, 0.6) is 0 Å². The van der Waals surface area contributed by atoms with E-state index in [-0.39, 0.29) is 16.7 Å². The van der Waals surface area contributed by atoms with Gasteiger partial charge in [0.25, 0.3) is 0 Å². The molecule has 1 nitrogen and oxygen atoms in total. The van der Waals surface area contributed by atoms with Gasteiger partial charge in [-0.05, 0) is 54.1 Å². The second kappa shape index (κ2) is 6.39. The third-order valence-electron chi connectivity index (χ3n) is 3.72. The molecule has 0 unspecified atom stereocenters. The molecule has 1 fully saturated rings. The first kappa shape index (κ1) is 15.7. The standard InChI is InChI=1S/C15H20F3NS/c1-2-7-14(8-9-14)11-19-10-12-3-5-13(6-4-12)20-15(16,17)18/h3-6,19H,2,7-11H2,1H3. The van der Waals surface area contributed by atoms with E-state index >= 15 is 0 Å². The topological polar surface area (TPSA) is 12.0 Å². The summed E-state index contributed by atoms with van der Waals surface area (Å²) in [5.41, 5.74) is -2.68. The average Bonchev–Trinajstić information content (AvgIpc) is 3.10.